The summed E-state index contributed by atoms with van der Waals surface area (Å²) in [5.74, 6) is 1.01. The van der Waals surface area contributed by atoms with Crippen molar-refractivity contribution in [3.8, 4) is 0 Å². The maximum absolute atomic E-state index is 4.44. The minimum absolute atomic E-state index is 0.872. The summed E-state index contributed by atoms with van der Waals surface area (Å²) in [4.78, 5) is 18.1. The molecule has 0 saturated carbocycles. The van der Waals surface area contributed by atoms with Gasteiger partial charge in [0.2, 0.25) is 0 Å². The predicted octanol–water partition coefficient (Wildman–Crippen LogP) is 3.00. The van der Waals surface area contributed by atoms with Gasteiger partial charge < -0.3 is 4.90 Å². The Balaban J connectivity index is 1.58. The zero-order valence-corrected chi connectivity index (χ0v) is 15.3. The van der Waals surface area contributed by atoms with Gasteiger partial charge in [-0.1, -0.05) is 18.7 Å². The van der Waals surface area contributed by atoms with E-state index in [4.69, 9.17) is 0 Å². The standard InChI is InChI=1S/C18H25N5S/c1-3-24-18-20-12-16(13-21-18)14-22-7-4-8-23(10-9-22)17-5-6-19-11-15(17)2/h5-6,11-13H,3-4,7-10,14H2,1-2H3. The Hall–Kier alpha value is -1.66. The molecule has 0 amide bonds. The van der Waals surface area contributed by atoms with Crippen LogP contribution in [0, 0.1) is 6.92 Å². The summed E-state index contributed by atoms with van der Waals surface area (Å²) >= 11 is 1.69. The van der Waals surface area contributed by atoms with Gasteiger partial charge in [-0.2, -0.15) is 0 Å². The summed E-state index contributed by atoms with van der Waals surface area (Å²) in [6.45, 7) is 9.52. The molecule has 3 heterocycles. The molecule has 0 aliphatic carbocycles. The van der Waals surface area contributed by atoms with Gasteiger partial charge in [-0.05, 0) is 30.7 Å². The third-order valence-electron chi connectivity index (χ3n) is 4.28. The van der Waals surface area contributed by atoms with Gasteiger partial charge in [-0.3, -0.25) is 9.88 Å². The summed E-state index contributed by atoms with van der Waals surface area (Å²) in [6.07, 6.45) is 8.96. The number of pyridine rings is 1. The first-order valence-electron chi connectivity index (χ1n) is 8.58. The highest BCUT2D eigenvalue weighted by Gasteiger charge is 2.16. The molecule has 0 spiro atoms. The Morgan fingerprint density at radius 1 is 1.08 bits per heavy atom. The van der Waals surface area contributed by atoms with Crippen LogP contribution in [0.3, 0.4) is 0 Å². The molecule has 24 heavy (non-hydrogen) atoms. The average molecular weight is 344 g/mol. The minimum atomic E-state index is 0.872. The molecule has 0 bridgehead atoms. The van der Waals surface area contributed by atoms with E-state index < -0.39 is 0 Å². The van der Waals surface area contributed by atoms with Crippen LogP contribution in [0.15, 0.2) is 36.0 Å². The van der Waals surface area contributed by atoms with E-state index in [0.717, 1.165) is 43.6 Å². The van der Waals surface area contributed by atoms with E-state index in [1.807, 2.05) is 24.8 Å². The van der Waals surface area contributed by atoms with Crippen molar-refractivity contribution in [3.63, 3.8) is 0 Å². The summed E-state index contributed by atoms with van der Waals surface area (Å²) in [7, 11) is 0. The molecule has 1 saturated heterocycles. The quantitative estimate of drug-likeness (QED) is 0.614. The molecule has 6 heteroatoms. The van der Waals surface area contributed by atoms with Crippen LogP contribution in [0.1, 0.15) is 24.5 Å². The second-order valence-electron chi connectivity index (χ2n) is 6.09. The Bertz CT molecular complexity index is 646. The Kier molecular flexibility index (Phi) is 6.04. The summed E-state index contributed by atoms with van der Waals surface area (Å²) < 4.78 is 0. The van der Waals surface area contributed by atoms with Gasteiger partial charge in [0.1, 0.15) is 0 Å². The van der Waals surface area contributed by atoms with E-state index in [1.165, 1.54) is 23.2 Å². The number of aromatic nitrogens is 3. The first kappa shape index (κ1) is 17.2. The highest BCUT2D eigenvalue weighted by atomic mass is 32.2. The summed E-state index contributed by atoms with van der Waals surface area (Å²) in [5.41, 5.74) is 3.77. The van der Waals surface area contributed by atoms with E-state index >= 15 is 0 Å². The molecular formula is C18H25N5S. The Morgan fingerprint density at radius 3 is 2.67 bits per heavy atom. The fourth-order valence-corrected chi connectivity index (χ4v) is 3.59. The number of hydrogen-bond acceptors (Lipinski definition) is 6. The zero-order valence-electron chi connectivity index (χ0n) is 14.5. The smallest absolute Gasteiger partial charge is 0.187 e. The first-order valence-corrected chi connectivity index (χ1v) is 9.56. The second kappa shape index (κ2) is 8.44. The Morgan fingerprint density at radius 2 is 1.92 bits per heavy atom. The number of hydrogen-bond donors (Lipinski definition) is 0. The van der Waals surface area contributed by atoms with Gasteiger partial charge in [-0.25, -0.2) is 9.97 Å². The lowest BCUT2D eigenvalue weighted by molar-refractivity contribution is 0.284. The van der Waals surface area contributed by atoms with Crippen LogP contribution in [-0.2, 0) is 6.54 Å². The van der Waals surface area contributed by atoms with E-state index in [0.29, 0.717) is 0 Å². The minimum Gasteiger partial charge on any atom is -0.370 e. The van der Waals surface area contributed by atoms with Crippen molar-refractivity contribution < 1.29 is 0 Å². The van der Waals surface area contributed by atoms with Crippen LogP contribution in [0.2, 0.25) is 0 Å². The highest BCUT2D eigenvalue weighted by Crippen LogP contribution is 2.20. The van der Waals surface area contributed by atoms with Crippen LogP contribution in [0.4, 0.5) is 5.69 Å². The molecule has 128 valence electrons. The van der Waals surface area contributed by atoms with Gasteiger partial charge in [0, 0.05) is 68.8 Å². The monoisotopic (exact) mass is 343 g/mol. The van der Waals surface area contributed by atoms with Crippen molar-refractivity contribution in [2.24, 2.45) is 0 Å². The first-order chi connectivity index (χ1) is 11.8. The lowest BCUT2D eigenvalue weighted by Gasteiger charge is -2.25. The van der Waals surface area contributed by atoms with Gasteiger partial charge in [0.25, 0.3) is 0 Å². The molecule has 2 aromatic heterocycles. The third kappa shape index (κ3) is 4.45. The fraction of sp³-hybridized carbons (Fsp3) is 0.500. The van der Waals surface area contributed by atoms with Crippen LogP contribution in [0.25, 0.3) is 0 Å². The van der Waals surface area contributed by atoms with E-state index in [1.54, 1.807) is 11.8 Å². The lowest BCUT2D eigenvalue weighted by atomic mass is 10.2. The molecule has 0 unspecified atom stereocenters. The SMILES string of the molecule is CCSc1ncc(CN2CCCN(c3ccncc3C)CC2)cn1. The summed E-state index contributed by atoms with van der Waals surface area (Å²) in [5, 5.41) is 0.872. The molecule has 0 radical (unpaired) electrons. The largest absolute Gasteiger partial charge is 0.370 e. The number of anilines is 1. The summed E-state index contributed by atoms with van der Waals surface area (Å²) in [6, 6.07) is 2.13. The molecule has 5 nitrogen and oxygen atoms in total. The van der Waals surface area contributed by atoms with Crippen molar-refractivity contribution in [2.75, 3.05) is 36.8 Å². The van der Waals surface area contributed by atoms with Gasteiger partial charge >= 0.3 is 0 Å². The molecule has 1 fully saturated rings. The van der Waals surface area contributed by atoms with Gasteiger partial charge in [0.05, 0.1) is 0 Å². The molecule has 1 aliphatic rings. The van der Waals surface area contributed by atoms with Crippen LogP contribution in [-0.4, -0.2) is 51.8 Å². The van der Waals surface area contributed by atoms with Crippen molar-refractivity contribution >= 4 is 17.4 Å². The number of thioether (sulfide) groups is 1. The van der Waals surface area contributed by atoms with E-state index in [-0.39, 0.29) is 0 Å². The van der Waals surface area contributed by atoms with E-state index in [9.17, 15) is 0 Å². The topological polar surface area (TPSA) is 45.2 Å². The van der Waals surface area contributed by atoms with Crippen LogP contribution in [0.5, 0.6) is 0 Å². The maximum atomic E-state index is 4.44. The average Bonchev–Trinajstić information content (AvgIpc) is 2.83. The number of nitrogens with zero attached hydrogens (tertiary/aromatic N) is 5. The molecule has 0 aromatic carbocycles. The fourth-order valence-electron chi connectivity index (χ4n) is 3.08. The molecule has 2 aromatic rings. The van der Waals surface area contributed by atoms with Crippen molar-refractivity contribution in [1.82, 2.24) is 19.9 Å². The molecule has 0 atom stereocenters. The van der Waals surface area contributed by atoms with Crippen LogP contribution >= 0.6 is 11.8 Å². The molecule has 1 aliphatic heterocycles. The predicted molar refractivity (Wildman–Crippen MR) is 99.5 cm³/mol. The van der Waals surface area contributed by atoms with Crippen molar-refractivity contribution in [2.45, 2.75) is 32.0 Å². The van der Waals surface area contributed by atoms with Crippen molar-refractivity contribution in [3.05, 3.63) is 42.0 Å². The zero-order chi connectivity index (χ0) is 16.8. The lowest BCUT2D eigenvalue weighted by Crippen LogP contribution is -2.30. The van der Waals surface area contributed by atoms with Gasteiger partial charge in [-0.15, -0.1) is 0 Å². The van der Waals surface area contributed by atoms with E-state index in [2.05, 4.69) is 44.7 Å². The molecular weight excluding hydrogens is 318 g/mol. The third-order valence-corrected chi connectivity index (χ3v) is 5.04. The Labute approximate surface area is 148 Å². The molecule has 3 rings (SSSR count). The van der Waals surface area contributed by atoms with Crippen LogP contribution < -0.4 is 4.90 Å². The second-order valence-corrected chi connectivity index (χ2v) is 7.32. The normalized spacial score (nSPS) is 16.2. The maximum Gasteiger partial charge on any atom is 0.187 e. The molecule has 0 N–H and O–H groups in total. The number of aryl methyl sites for hydroxylation is 1. The van der Waals surface area contributed by atoms with Crippen molar-refractivity contribution in [1.29, 1.82) is 0 Å². The van der Waals surface area contributed by atoms with Gasteiger partial charge in [0.15, 0.2) is 5.16 Å². The number of rotatable bonds is 5. The highest BCUT2D eigenvalue weighted by molar-refractivity contribution is 7.99.